The molecular formula is C27H22ClFN4O2S. The largest absolute Gasteiger partial charge is 0.326 e. The number of thioether (sulfide) groups is 1. The molecule has 0 unspecified atom stereocenters. The first-order chi connectivity index (χ1) is 17.4. The molecule has 0 radical (unpaired) electrons. The molecule has 9 heteroatoms. The van der Waals surface area contributed by atoms with Crippen molar-refractivity contribution in [3.8, 4) is 0 Å². The number of carbonyl (C=O) groups is 2. The van der Waals surface area contributed by atoms with E-state index in [9.17, 15) is 14.0 Å². The number of halogens is 2. The number of aryl methyl sites for hydroxylation is 1. The molecule has 0 bridgehead atoms. The molecule has 0 saturated carbocycles. The summed E-state index contributed by atoms with van der Waals surface area (Å²) in [5.74, 6) is -1.17. The van der Waals surface area contributed by atoms with Crippen molar-refractivity contribution in [1.82, 2.24) is 5.01 Å². The Kier molecular flexibility index (Phi) is 6.89. The zero-order valence-electron chi connectivity index (χ0n) is 19.3. The molecule has 0 fully saturated rings. The molecule has 2 amide bonds. The van der Waals surface area contributed by atoms with Gasteiger partial charge in [0.1, 0.15) is 11.1 Å². The van der Waals surface area contributed by atoms with E-state index in [1.807, 2.05) is 54.6 Å². The molecule has 2 aliphatic heterocycles. The maximum Gasteiger partial charge on any atom is 0.262 e. The smallest absolute Gasteiger partial charge is 0.262 e. The van der Waals surface area contributed by atoms with Crippen LogP contribution in [0.4, 0.5) is 10.1 Å². The second-order valence-corrected chi connectivity index (χ2v) is 10.2. The normalized spacial score (nSPS) is 19.3. The summed E-state index contributed by atoms with van der Waals surface area (Å²) in [6.45, 7) is 1.65. The highest BCUT2D eigenvalue weighted by Gasteiger charge is 2.39. The van der Waals surface area contributed by atoms with Crippen molar-refractivity contribution < 1.29 is 14.0 Å². The molecule has 36 heavy (non-hydrogen) atoms. The van der Waals surface area contributed by atoms with Crippen LogP contribution >= 0.6 is 23.4 Å². The van der Waals surface area contributed by atoms with Crippen LogP contribution in [0.15, 0.2) is 82.9 Å². The fraction of sp³-hybridized carbons (Fsp3) is 0.185. The van der Waals surface area contributed by atoms with E-state index in [-0.39, 0.29) is 24.3 Å². The van der Waals surface area contributed by atoms with Crippen LogP contribution < -0.4 is 5.32 Å². The minimum atomic E-state index is -0.679. The number of benzene rings is 3. The quantitative estimate of drug-likeness (QED) is 0.450. The average Bonchev–Trinajstić information content (AvgIpc) is 3.46. The van der Waals surface area contributed by atoms with E-state index < -0.39 is 11.1 Å². The Morgan fingerprint density at radius 2 is 1.89 bits per heavy atom. The van der Waals surface area contributed by atoms with Gasteiger partial charge in [-0.1, -0.05) is 71.9 Å². The Morgan fingerprint density at radius 1 is 1.14 bits per heavy atom. The number of anilines is 1. The van der Waals surface area contributed by atoms with Crippen LogP contribution in [0.25, 0.3) is 0 Å². The maximum atomic E-state index is 13.8. The molecule has 6 nitrogen and oxygen atoms in total. The summed E-state index contributed by atoms with van der Waals surface area (Å²) in [5, 5.41) is 9.68. The number of amidine groups is 1. The standard InChI is InChI=1S/C27H22ClFN4O2S/c1-16-7-12-20(13-21(16)29)30-25(34)15-24-26(35)31-27(36-24)33-23(18-5-3-2-4-6-18)14-22(32-33)17-8-10-19(28)11-9-17/h2-13,23-24H,14-15H2,1H3,(H,30,34)/t23-,24+/m1/s1. The lowest BCUT2D eigenvalue weighted by molar-refractivity contribution is -0.121. The van der Waals surface area contributed by atoms with Crippen molar-refractivity contribution in [2.75, 3.05) is 5.32 Å². The van der Waals surface area contributed by atoms with Gasteiger partial charge in [-0.05, 0) is 47.9 Å². The van der Waals surface area contributed by atoms with Gasteiger partial charge in [0.25, 0.3) is 5.91 Å². The first-order valence-electron chi connectivity index (χ1n) is 11.4. The summed E-state index contributed by atoms with van der Waals surface area (Å²) in [6.07, 6.45) is 0.549. The van der Waals surface area contributed by atoms with Gasteiger partial charge in [-0.3, -0.25) is 9.59 Å². The lowest BCUT2D eigenvalue weighted by atomic mass is 9.99. The van der Waals surface area contributed by atoms with E-state index in [2.05, 4.69) is 10.3 Å². The highest BCUT2D eigenvalue weighted by Crippen LogP contribution is 2.38. The zero-order valence-corrected chi connectivity index (χ0v) is 20.9. The summed E-state index contributed by atoms with van der Waals surface area (Å²) in [7, 11) is 0. The van der Waals surface area contributed by atoms with Crippen molar-refractivity contribution in [2.45, 2.75) is 31.1 Å². The van der Waals surface area contributed by atoms with Gasteiger partial charge in [-0.2, -0.15) is 10.1 Å². The number of carbonyl (C=O) groups excluding carboxylic acids is 2. The fourth-order valence-corrected chi connectivity index (χ4v) is 5.28. The molecule has 0 saturated heterocycles. The van der Waals surface area contributed by atoms with Gasteiger partial charge in [0.2, 0.25) is 5.91 Å². The van der Waals surface area contributed by atoms with Gasteiger partial charge in [-0.15, -0.1) is 0 Å². The predicted molar refractivity (Wildman–Crippen MR) is 142 cm³/mol. The number of nitrogens with zero attached hydrogens (tertiary/aromatic N) is 3. The lowest BCUT2D eigenvalue weighted by Gasteiger charge is -2.23. The van der Waals surface area contributed by atoms with Crippen LogP contribution in [0.2, 0.25) is 5.02 Å². The van der Waals surface area contributed by atoms with Crippen molar-refractivity contribution in [1.29, 1.82) is 0 Å². The van der Waals surface area contributed by atoms with E-state index in [1.165, 1.54) is 17.8 Å². The summed E-state index contributed by atoms with van der Waals surface area (Å²) in [6, 6.07) is 21.7. The van der Waals surface area contributed by atoms with Crippen molar-refractivity contribution >= 4 is 51.7 Å². The van der Waals surface area contributed by atoms with E-state index in [1.54, 1.807) is 24.1 Å². The van der Waals surface area contributed by atoms with E-state index in [4.69, 9.17) is 16.7 Å². The Labute approximate surface area is 217 Å². The van der Waals surface area contributed by atoms with Crippen molar-refractivity contribution in [2.24, 2.45) is 10.1 Å². The van der Waals surface area contributed by atoms with Crippen molar-refractivity contribution in [3.63, 3.8) is 0 Å². The molecule has 182 valence electrons. The second kappa shape index (κ2) is 10.2. The molecule has 0 aromatic heterocycles. The molecule has 2 aliphatic rings. The minimum absolute atomic E-state index is 0.0798. The van der Waals surface area contributed by atoms with Gasteiger partial charge < -0.3 is 5.32 Å². The van der Waals surface area contributed by atoms with E-state index in [0.29, 0.717) is 27.9 Å². The molecule has 0 spiro atoms. The molecule has 3 aromatic rings. The fourth-order valence-electron chi connectivity index (χ4n) is 4.09. The van der Waals surface area contributed by atoms with Crippen LogP contribution in [0, 0.1) is 12.7 Å². The first-order valence-corrected chi connectivity index (χ1v) is 12.7. The number of hydrazone groups is 1. The van der Waals surface area contributed by atoms with Crippen LogP contribution in [-0.2, 0) is 9.59 Å². The number of aliphatic imine (C=N–C) groups is 1. The van der Waals surface area contributed by atoms with Gasteiger partial charge in [0.05, 0.1) is 11.8 Å². The Balaban J connectivity index is 1.33. The third-order valence-electron chi connectivity index (χ3n) is 6.02. The summed E-state index contributed by atoms with van der Waals surface area (Å²) in [5.41, 5.74) is 3.69. The number of hydrogen-bond acceptors (Lipinski definition) is 5. The third-order valence-corrected chi connectivity index (χ3v) is 7.42. The highest BCUT2D eigenvalue weighted by molar-refractivity contribution is 8.15. The molecular weight excluding hydrogens is 499 g/mol. The Hall–Kier alpha value is -3.49. The second-order valence-electron chi connectivity index (χ2n) is 8.58. The molecule has 2 atom stereocenters. The van der Waals surface area contributed by atoms with Crippen LogP contribution in [0.1, 0.15) is 35.6 Å². The van der Waals surface area contributed by atoms with Gasteiger partial charge in [-0.25, -0.2) is 9.40 Å². The molecule has 2 heterocycles. The molecule has 0 aliphatic carbocycles. The number of rotatable bonds is 5. The molecule has 3 aromatic carbocycles. The zero-order chi connectivity index (χ0) is 25.2. The topological polar surface area (TPSA) is 74.1 Å². The average molecular weight is 521 g/mol. The molecule has 1 N–H and O–H groups in total. The SMILES string of the molecule is Cc1ccc(NC(=O)C[C@@H]2SC(N3N=C(c4ccc(Cl)cc4)C[C@@H]3c3ccccc3)=NC2=O)cc1F. The highest BCUT2D eigenvalue weighted by atomic mass is 35.5. The molecule has 5 rings (SSSR count). The van der Waals surface area contributed by atoms with Gasteiger partial charge in [0, 0.05) is 23.6 Å². The van der Waals surface area contributed by atoms with Crippen LogP contribution in [0.3, 0.4) is 0 Å². The van der Waals surface area contributed by atoms with Crippen molar-refractivity contribution in [3.05, 3.63) is 100 Å². The Morgan fingerprint density at radius 3 is 2.61 bits per heavy atom. The third kappa shape index (κ3) is 5.20. The summed E-state index contributed by atoms with van der Waals surface area (Å²) in [4.78, 5) is 29.6. The number of hydrogen-bond donors (Lipinski definition) is 1. The summed E-state index contributed by atoms with van der Waals surface area (Å²) >= 11 is 7.27. The predicted octanol–water partition coefficient (Wildman–Crippen LogP) is 5.97. The van der Waals surface area contributed by atoms with Gasteiger partial charge in [0.15, 0.2) is 5.17 Å². The van der Waals surface area contributed by atoms with Crippen LogP contribution in [-0.4, -0.2) is 33.0 Å². The van der Waals surface area contributed by atoms with Crippen LogP contribution in [0.5, 0.6) is 0 Å². The summed E-state index contributed by atoms with van der Waals surface area (Å²) < 4.78 is 13.8. The monoisotopic (exact) mass is 520 g/mol. The lowest BCUT2D eigenvalue weighted by Crippen LogP contribution is -2.25. The van der Waals surface area contributed by atoms with E-state index >= 15 is 0 Å². The van der Waals surface area contributed by atoms with E-state index in [0.717, 1.165) is 16.8 Å². The minimum Gasteiger partial charge on any atom is -0.326 e. The number of nitrogens with one attached hydrogen (secondary N) is 1. The Bertz CT molecular complexity index is 1380. The first kappa shape index (κ1) is 24.2. The number of amides is 2. The van der Waals surface area contributed by atoms with Gasteiger partial charge >= 0.3 is 0 Å². The maximum absolute atomic E-state index is 13.8.